The summed E-state index contributed by atoms with van der Waals surface area (Å²) in [5, 5.41) is 5.82. The molecule has 0 spiro atoms. The van der Waals surface area contributed by atoms with Crippen LogP contribution in [0.15, 0.2) is 0 Å². The van der Waals surface area contributed by atoms with Gasteiger partial charge in [0.15, 0.2) is 0 Å². The second-order valence-electron chi connectivity index (χ2n) is 3.98. The fourth-order valence-electron chi connectivity index (χ4n) is 1.60. The molecule has 15 heavy (non-hydrogen) atoms. The maximum atomic E-state index is 11.3. The Bertz CT molecular complexity index is 307. The first kappa shape index (κ1) is 12.4. The van der Waals surface area contributed by atoms with Crippen LogP contribution in [0.1, 0.15) is 19.3 Å². The molecule has 0 bridgehead atoms. The molecule has 0 aromatic rings. The molecule has 0 saturated carbocycles. The quantitative estimate of drug-likeness (QED) is 0.659. The van der Waals surface area contributed by atoms with Crippen LogP contribution >= 0.6 is 0 Å². The van der Waals surface area contributed by atoms with E-state index in [2.05, 4.69) is 10.6 Å². The standard InChI is InChI=1S/C9H18N2O3S/c1-15(13,14)6-5-11-9(12)7-8-3-2-4-10-8/h8,10H,2-7H2,1H3,(H,11,12). The van der Waals surface area contributed by atoms with E-state index in [1.165, 1.54) is 0 Å². The van der Waals surface area contributed by atoms with Crippen molar-refractivity contribution >= 4 is 15.7 Å². The van der Waals surface area contributed by atoms with Crippen molar-refractivity contribution in [2.24, 2.45) is 0 Å². The Morgan fingerprint density at radius 3 is 2.80 bits per heavy atom. The van der Waals surface area contributed by atoms with Gasteiger partial charge in [-0.05, 0) is 19.4 Å². The lowest BCUT2D eigenvalue weighted by Crippen LogP contribution is -2.34. The zero-order chi connectivity index (χ0) is 11.3. The maximum Gasteiger partial charge on any atom is 0.221 e. The Morgan fingerprint density at radius 2 is 2.27 bits per heavy atom. The summed E-state index contributed by atoms with van der Waals surface area (Å²) < 4.78 is 21.6. The van der Waals surface area contributed by atoms with Gasteiger partial charge in [0.05, 0.1) is 5.75 Å². The molecular weight excluding hydrogens is 216 g/mol. The number of carbonyl (C=O) groups excluding carboxylic acids is 1. The highest BCUT2D eigenvalue weighted by molar-refractivity contribution is 7.90. The van der Waals surface area contributed by atoms with Gasteiger partial charge >= 0.3 is 0 Å². The first-order valence-electron chi connectivity index (χ1n) is 5.15. The van der Waals surface area contributed by atoms with Gasteiger partial charge < -0.3 is 10.6 Å². The maximum absolute atomic E-state index is 11.3. The highest BCUT2D eigenvalue weighted by Crippen LogP contribution is 2.07. The molecular formula is C9H18N2O3S. The van der Waals surface area contributed by atoms with Gasteiger partial charge in [0.2, 0.25) is 5.91 Å². The van der Waals surface area contributed by atoms with Crippen molar-refractivity contribution < 1.29 is 13.2 Å². The van der Waals surface area contributed by atoms with E-state index in [1.54, 1.807) is 0 Å². The van der Waals surface area contributed by atoms with Gasteiger partial charge in [0, 0.05) is 25.3 Å². The first-order valence-corrected chi connectivity index (χ1v) is 7.21. The number of rotatable bonds is 5. The molecule has 1 aliphatic heterocycles. The Morgan fingerprint density at radius 1 is 1.53 bits per heavy atom. The Balaban J connectivity index is 2.13. The van der Waals surface area contributed by atoms with Crippen LogP contribution in [0.4, 0.5) is 0 Å². The van der Waals surface area contributed by atoms with E-state index < -0.39 is 9.84 Å². The van der Waals surface area contributed by atoms with E-state index in [4.69, 9.17) is 0 Å². The van der Waals surface area contributed by atoms with E-state index in [-0.39, 0.29) is 24.2 Å². The lowest BCUT2D eigenvalue weighted by molar-refractivity contribution is -0.121. The van der Waals surface area contributed by atoms with Gasteiger partial charge in [-0.3, -0.25) is 4.79 Å². The smallest absolute Gasteiger partial charge is 0.221 e. The van der Waals surface area contributed by atoms with Crippen molar-refractivity contribution in [3.05, 3.63) is 0 Å². The second-order valence-corrected chi connectivity index (χ2v) is 6.24. The highest BCUT2D eigenvalue weighted by Gasteiger charge is 2.17. The van der Waals surface area contributed by atoms with E-state index in [0.717, 1.165) is 25.6 Å². The monoisotopic (exact) mass is 234 g/mol. The summed E-state index contributed by atoms with van der Waals surface area (Å²) in [5.74, 6) is -0.0605. The molecule has 88 valence electrons. The normalized spacial score (nSPS) is 21.5. The summed E-state index contributed by atoms with van der Waals surface area (Å²) in [6.45, 7) is 1.19. The van der Waals surface area contributed by atoms with Crippen LogP contribution < -0.4 is 10.6 Å². The minimum Gasteiger partial charge on any atom is -0.355 e. The first-order chi connectivity index (χ1) is 6.97. The third-order valence-corrected chi connectivity index (χ3v) is 3.33. The summed E-state index contributed by atoms with van der Waals surface area (Å²) in [6.07, 6.45) is 3.75. The fraction of sp³-hybridized carbons (Fsp3) is 0.889. The minimum absolute atomic E-state index is 0.0107. The van der Waals surface area contributed by atoms with Gasteiger partial charge in [0.1, 0.15) is 9.84 Å². The molecule has 6 heteroatoms. The number of carbonyl (C=O) groups is 1. The summed E-state index contributed by atoms with van der Waals surface area (Å²) in [4.78, 5) is 11.3. The topological polar surface area (TPSA) is 75.3 Å². The molecule has 1 saturated heterocycles. The van der Waals surface area contributed by atoms with Crippen LogP contribution in [0.25, 0.3) is 0 Å². The molecule has 1 heterocycles. The Hall–Kier alpha value is -0.620. The highest BCUT2D eigenvalue weighted by atomic mass is 32.2. The van der Waals surface area contributed by atoms with Gasteiger partial charge in [-0.1, -0.05) is 0 Å². The molecule has 1 unspecified atom stereocenters. The average Bonchev–Trinajstić information content (AvgIpc) is 2.54. The molecule has 0 aromatic carbocycles. The van der Waals surface area contributed by atoms with Crippen LogP contribution in [0.5, 0.6) is 0 Å². The van der Waals surface area contributed by atoms with Crippen LogP contribution in [0, 0.1) is 0 Å². The molecule has 0 aliphatic carbocycles. The molecule has 1 fully saturated rings. The molecule has 1 aliphatic rings. The van der Waals surface area contributed by atoms with E-state index in [0.29, 0.717) is 6.42 Å². The average molecular weight is 234 g/mol. The molecule has 2 N–H and O–H groups in total. The van der Waals surface area contributed by atoms with Gasteiger partial charge in [-0.2, -0.15) is 0 Å². The number of hydrogen-bond acceptors (Lipinski definition) is 4. The van der Waals surface area contributed by atoms with Crippen LogP contribution in [0.3, 0.4) is 0 Å². The Kier molecular flexibility index (Phi) is 4.53. The summed E-state index contributed by atoms with van der Waals surface area (Å²) >= 11 is 0. The molecule has 1 atom stereocenters. The zero-order valence-corrected chi connectivity index (χ0v) is 9.77. The minimum atomic E-state index is -2.98. The molecule has 1 amide bonds. The van der Waals surface area contributed by atoms with Gasteiger partial charge in [-0.25, -0.2) is 8.42 Å². The van der Waals surface area contributed by atoms with Crippen molar-refractivity contribution in [1.29, 1.82) is 0 Å². The third kappa shape index (κ3) is 5.74. The third-order valence-electron chi connectivity index (χ3n) is 2.39. The van der Waals surface area contributed by atoms with E-state index in [1.807, 2.05) is 0 Å². The summed E-state index contributed by atoms with van der Waals surface area (Å²) in [5.41, 5.74) is 0. The molecule has 0 radical (unpaired) electrons. The molecule has 5 nitrogen and oxygen atoms in total. The fourth-order valence-corrected chi connectivity index (χ4v) is 2.08. The molecule has 1 rings (SSSR count). The van der Waals surface area contributed by atoms with Crippen molar-refractivity contribution in [3.8, 4) is 0 Å². The van der Waals surface area contributed by atoms with E-state index >= 15 is 0 Å². The van der Waals surface area contributed by atoms with Crippen LogP contribution in [-0.4, -0.2) is 45.5 Å². The van der Waals surface area contributed by atoms with Gasteiger partial charge in [0.25, 0.3) is 0 Å². The SMILES string of the molecule is CS(=O)(=O)CCNC(=O)CC1CCCN1. The molecule has 0 aromatic heterocycles. The lowest BCUT2D eigenvalue weighted by Gasteiger charge is -2.09. The number of hydrogen-bond donors (Lipinski definition) is 2. The van der Waals surface area contributed by atoms with Crippen molar-refractivity contribution in [2.45, 2.75) is 25.3 Å². The van der Waals surface area contributed by atoms with E-state index in [9.17, 15) is 13.2 Å². The zero-order valence-electron chi connectivity index (χ0n) is 8.95. The van der Waals surface area contributed by atoms with Crippen molar-refractivity contribution in [2.75, 3.05) is 25.1 Å². The lowest BCUT2D eigenvalue weighted by atomic mass is 10.1. The predicted molar refractivity (Wildman–Crippen MR) is 58.4 cm³/mol. The second kappa shape index (κ2) is 5.46. The van der Waals surface area contributed by atoms with Crippen molar-refractivity contribution in [3.63, 3.8) is 0 Å². The number of amides is 1. The largest absolute Gasteiger partial charge is 0.355 e. The number of sulfone groups is 1. The van der Waals surface area contributed by atoms with Crippen LogP contribution in [-0.2, 0) is 14.6 Å². The number of nitrogens with one attached hydrogen (secondary N) is 2. The van der Waals surface area contributed by atoms with Gasteiger partial charge in [-0.15, -0.1) is 0 Å². The predicted octanol–water partition coefficient (Wildman–Crippen LogP) is -0.711. The summed E-state index contributed by atoms with van der Waals surface area (Å²) in [6, 6.07) is 0.267. The van der Waals surface area contributed by atoms with Crippen molar-refractivity contribution in [1.82, 2.24) is 10.6 Å². The Labute approximate surface area is 90.5 Å². The van der Waals surface area contributed by atoms with Crippen LogP contribution in [0.2, 0.25) is 0 Å². The summed E-state index contributed by atoms with van der Waals surface area (Å²) in [7, 11) is -2.98.